The van der Waals surface area contributed by atoms with Gasteiger partial charge in [0.1, 0.15) is 5.82 Å². The highest BCUT2D eigenvalue weighted by atomic mass is 19.1. The molecule has 0 saturated carbocycles. The molecule has 0 unspecified atom stereocenters. The first-order valence-corrected chi connectivity index (χ1v) is 7.07. The molecule has 5 heteroatoms. The van der Waals surface area contributed by atoms with Crippen molar-refractivity contribution in [3.05, 3.63) is 65.5 Å². The van der Waals surface area contributed by atoms with E-state index in [0.717, 1.165) is 11.1 Å². The molecule has 0 saturated heterocycles. The summed E-state index contributed by atoms with van der Waals surface area (Å²) in [5, 5.41) is 5.30. The molecule has 0 aromatic heterocycles. The van der Waals surface area contributed by atoms with Gasteiger partial charge in [0.15, 0.2) is 0 Å². The zero-order valence-corrected chi connectivity index (χ0v) is 12.9. The van der Waals surface area contributed by atoms with Gasteiger partial charge in [-0.2, -0.15) is 0 Å². The maximum absolute atomic E-state index is 13.2. The highest BCUT2D eigenvalue weighted by molar-refractivity contribution is 6.02. The van der Waals surface area contributed by atoms with Gasteiger partial charge in [-0.15, -0.1) is 0 Å². The number of carbonyl (C=O) groups is 2. The first-order chi connectivity index (χ1) is 10.9. The third-order valence-electron chi connectivity index (χ3n) is 3.12. The lowest BCUT2D eigenvalue weighted by atomic mass is 10.2. The van der Waals surface area contributed by atoms with Gasteiger partial charge < -0.3 is 10.6 Å². The van der Waals surface area contributed by atoms with Crippen LogP contribution in [-0.2, 0) is 9.59 Å². The molecule has 2 amide bonds. The van der Waals surface area contributed by atoms with Crippen molar-refractivity contribution >= 4 is 29.3 Å². The molecular weight excluding hydrogens is 295 g/mol. The zero-order valence-electron chi connectivity index (χ0n) is 12.9. The Bertz CT molecular complexity index is 752. The van der Waals surface area contributed by atoms with Crippen LogP contribution in [0.4, 0.5) is 15.8 Å². The van der Waals surface area contributed by atoms with Gasteiger partial charge in [0.25, 0.3) is 0 Å². The summed E-state index contributed by atoms with van der Waals surface area (Å²) < 4.78 is 13.2. The summed E-state index contributed by atoms with van der Waals surface area (Å²) in [7, 11) is 0. The van der Waals surface area contributed by atoms with Crippen molar-refractivity contribution in [2.45, 2.75) is 13.8 Å². The van der Waals surface area contributed by atoms with E-state index in [1.165, 1.54) is 25.1 Å². The highest BCUT2D eigenvalue weighted by Crippen LogP contribution is 2.16. The molecule has 2 rings (SSSR count). The van der Waals surface area contributed by atoms with Crippen LogP contribution in [0.1, 0.15) is 18.1 Å². The Morgan fingerprint density at radius 3 is 2.39 bits per heavy atom. The number of nitrogens with one attached hydrogen (secondary N) is 2. The van der Waals surface area contributed by atoms with Gasteiger partial charge in [0.2, 0.25) is 11.8 Å². The molecule has 0 aliphatic heterocycles. The summed E-state index contributed by atoms with van der Waals surface area (Å²) in [6.07, 6.45) is 3.01. The minimum absolute atomic E-state index is 0.141. The lowest BCUT2D eigenvalue weighted by molar-refractivity contribution is -0.114. The number of aryl methyl sites for hydroxylation is 1. The van der Waals surface area contributed by atoms with Gasteiger partial charge >= 0.3 is 0 Å². The van der Waals surface area contributed by atoms with Crippen molar-refractivity contribution in [1.82, 2.24) is 0 Å². The topological polar surface area (TPSA) is 58.2 Å². The van der Waals surface area contributed by atoms with Crippen LogP contribution in [0.5, 0.6) is 0 Å². The van der Waals surface area contributed by atoms with Crippen LogP contribution < -0.4 is 10.6 Å². The van der Waals surface area contributed by atoms with E-state index >= 15 is 0 Å². The number of hydrogen-bond donors (Lipinski definition) is 2. The monoisotopic (exact) mass is 312 g/mol. The van der Waals surface area contributed by atoms with Crippen LogP contribution in [-0.4, -0.2) is 11.8 Å². The number of hydrogen-bond acceptors (Lipinski definition) is 2. The Labute approximate surface area is 134 Å². The average molecular weight is 312 g/mol. The van der Waals surface area contributed by atoms with Gasteiger partial charge in [-0.3, -0.25) is 9.59 Å². The first-order valence-electron chi connectivity index (χ1n) is 7.07. The van der Waals surface area contributed by atoms with E-state index in [1.54, 1.807) is 43.3 Å². The zero-order chi connectivity index (χ0) is 16.8. The predicted molar refractivity (Wildman–Crippen MR) is 89.5 cm³/mol. The van der Waals surface area contributed by atoms with Crippen molar-refractivity contribution in [3.8, 4) is 0 Å². The molecule has 2 aromatic rings. The number of benzene rings is 2. The standard InChI is InChI=1S/C18H17FN2O2/c1-12-3-7-15(19)11-17(12)21-18(23)10-6-14-4-8-16(9-5-14)20-13(2)22/h3-11H,1-2H3,(H,20,22)(H,21,23)/b10-6+. The van der Waals surface area contributed by atoms with Crippen molar-refractivity contribution < 1.29 is 14.0 Å². The van der Waals surface area contributed by atoms with Crippen LogP contribution in [0.25, 0.3) is 6.08 Å². The average Bonchev–Trinajstić information content (AvgIpc) is 2.50. The van der Waals surface area contributed by atoms with Gasteiger partial charge in [-0.05, 0) is 48.4 Å². The van der Waals surface area contributed by atoms with Crippen LogP contribution in [0, 0.1) is 12.7 Å². The van der Waals surface area contributed by atoms with Crippen LogP contribution in [0.2, 0.25) is 0 Å². The van der Waals surface area contributed by atoms with E-state index in [-0.39, 0.29) is 11.8 Å². The Hall–Kier alpha value is -2.95. The fourth-order valence-electron chi connectivity index (χ4n) is 1.96. The Morgan fingerprint density at radius 1 is 1.04 bits per heavy atom. The van der Waals surface area contributed by atoms with Crippen molar-refractivity contribution in [1.29, 1.82) is 0 Å². The molecule has 0 aliphatic carbocycles. The minimum Gasteiger partial charge on any atom is -0.326 e. The van der Waals surface area contributed by atoms with Crippen LogP contribution >= 0.6 is 0 Å². The molecule has 4 nitrogen and oxygen atoms in total. The van der Waals surface area contributed by atoms with Crippen LogP contribution in [0.3, 0.4) is 0 Å². The van der Waals surface area contributed by atoms with E-state index < -0.39 is 5.82 Å². The largest absolute Gasteiger partial charge is 0.326 e. The van der Waals surface area contributed by atoms with E-state index in [4.69, 9.17) is 0 Å². The molecule has 118 valence electrons. The molecular formula is C18H17FN2O2. The summed E-state index contributed by atoms with van der Waals surface area (Å²) in [4.78, 5) is 22.8. The lowest BCUT2D eigenvalue weighted by Crippen LogP contribution is -2.09. The smallest absolute Gasteiger partial charge is 0.248 e. The summed E-state index contributed by atoms with van der Waals surface area (Å²) in [6.45, 7) is 3.23. The Morgan fingerprint density at radius 2 is 1.74 bits per heavy atom. The molecule has 0 spiro atoms. The molecule has 0 radical (unpaired) electrons. The number of carbonyl (C=O) groups excluding carboxylic acids is 2. The molecule has 2 N–H and O–H groups in total. The maximum Gasteiger partial charge on any atom is 0.248 e. The van der Waals surface area contributed by atoms with Gasteiger partial charge in [-0.1, -0.05) is 18.2 Å². The third kappa shape index (κ3) is 5.07. The second-order valence-electron chi connectivity index (χ2n) is 5.09. The van der Waals surface area contributed by atoms with Crippen molar-refractivity contribution in [3.63, 3.8) is 0 Å². The molecule has 0 atom stereocenters. The molecule has 0 fully saturated rings. The molecule has 0 aliphatic rings. The number of anilines is 2. The summed E-state index contributed by atoms with van der Waals surface area (Å²) in [5.74, 6) is -0.883. The summed E-state index contributed by atoms with van der Waals surface area (Å²) in [6, 6.07) is 11.3. The maximum atomic E-state index is 13.2. The van der Waals surface area contributed by atoms with Crippen LogP contribution in [0.15, 0.2) is 48.5 Å². The lowest BCUT2D eigenvalue weighted by Gasteiger charge is -2.06. The fraction of sp³-hybridized carbons (Fsp3) is 0.111. The molecule has 0 heterocycles. The molecule has 2 aromatic carbocycles. The quantitative estimate of drug-likeness (QED) is 0.845. The van der Waals surface area contributed by atoms with E-state index in [2.05, 4.69) is 10.6 Å². The minimum atomic E-state index is -0.400. The number of halogens is 1. The van der Waals surface area contributed by atoms with Crippen molar-refractivity contribution in [2.24, 2.45) is 0 Å². The molecule has 23 heavy (non-hydrogen) atoms. The second kappa shape index (κ2) is 7.35. The SMILES string of the molecule is CC(=O)Nc1ccc(/C=C/C(=O)Nc2cc(F)ccc2C)cc1. The summed E-state index contributed by atoms with van der Waals surface area (Å²) in [5.41, 5.74) is 2.73. The van der Waals surface area contributed by atoms with Crippen molar-refractivity contribution in [2.75, 3.05) is 10.6 Å². The van der Waals surface area contributed by atoms with Gasteiger partial charge in [0.05, 0.1) is 0 Å². The highest BCUT2D eigenvalue weighted by Gasteiger charge is 2.03. The number of rotatable bonds is 4. The third-order valence-corrected chi connectivity index (χ3v) is 3.12. The van der Waals surface area contributed by atoms with E-state index in [0.29, 0.717) is 11.4 Å². The normalized spacial score (nSPS) is 10.6. The first kappa shape index (κ1) is 16.4. The van der Waals surface area contributed by atoms with E-state index in [1.807, 2.05) is 0 Å². The fourth-order valence-corrected chi connectivity index (χ4v) is 1.96. The predicted octanol–water partition coefficient (Wildman–Crippen LogP) is 3.74. The van der Waals surface area contributed by atoms with Gasteiger partial charge in [-0.25, -0.2) is 4.39 Å². The Balaban J connectivity index is 2.00. The number of amides is 2. The summed E-state index contributed by atoms with van der Waals surface area (Å²) >= 11 is 0. The van der Waals surface area contributed by atoms with E-state index in [9.17, 15) is 14.0 Å². The Kier molecular flexibility index (Phi) is 5.25. The molecule has 0 bridgehead atoms. The van der Waals surface area contributed by atoms with Gasteiger partial charge in [0, 0.05) is 24.4 Å². The second-order valence-corrected chi connectivity index (χ2v) is 5.09.